The van der Waals surface area contributed by atoms with Gasteiger partial charge in [0.2, 0.25) is 0 Å². The van der Waals surface area contributed by atoms with Gasteiger partial charge in [0, 0.05) is 42.8 Å². The van der Waals surface area contributed by atoms with Crippen molar-refractivity contribution >= 4 is 22.5 Å². The van der Waals surface area contributed by atoms with Crippen LogP contribution in [0.25, 0.3) is 10.9 Å². The van der Waals surface area contributed by atoms with Crippen LogP contribution < -0.4 is 9.64 Å². The number of hydrogen-bond donors (Lipinski definition) is 1. The molecule has 1 aliphatic rings. The molecule has 1 aliphatic heterocycles. The van der Waals surface area contributed by atoms with Gasteiger partial charge in [-0.3, -0.25) is 4.79 Å². The van der Waals surface area contributed by atoms with Crippen LogP contribution in [-0.4, -0.2) is 49.1 Å². The lowest BCUT2D eigenvalue weighted by Gasteiger charge is -2.36. The highest BCUT2D eigenvalue weighted by molar-refractivity contribution is 6.01. The summed E-state index contributed by atoms with van der Waals surface area (Å²) in [6, 6.07) is 14.4. The van der Waals surface area contributed by atoms with Crippen molar-refractivity contribution in [3.63, 3.8) is 0 Å². The van der Waals surface area contributed by atoms with Crippen LogP contribution in [0.4, 0.5) is 5.69 Å². The topological polar surface area (TPSA) is 48.6 Å². The van der Waals surface area contributed by atoms with Crippen molar-refractivity contribution in [1.82, 2.24) is 9.88 Å². The third kappa shape index (κ3) is 3.25. The van der Waals surface area contributed by atoms with Crippen LogP contribution >= 0.6 is 0 Å². The van der Waals surface area contributed by atoms with Crippen molar-refractivity contribution in [3.05, 3.63) is 59.3 Å². The lowest BCUT2D eigenvalue weighted by molar-refractivity contribution is 0.0741. The standard InChI is InChI=1S/C22H25N3O2/c1-15-4-9-19-16(2)21(23-20(19)14-15)22(26)25-12-10-24(11-13-25)17-5-7-18(27-3)8-6-17/h4-9,14,23H,10-13H2,1-3H3. The Morgan fingerprint density at radius 3 is 2.37 bits per heavy atom. The molecule has 0 spiro atoms. The number of amides is 1. The molecule has 1 saturated heterocycles. The van der Waals surface area contributed by atoms with Gasteiger partial charge < -0.3 is 19.5 Å². The molecule has 1 amide bonds. The number of H-pyrrole nitrogens is 1. The van der Waals surface area contributed by atoms with Crippen molar-refractivity contribution in [2.24, 2.45) is 0 Å². The van der Waals surface area contributed by atoms with E-state index in [1.807, 2.05) is 24.0 Å². The number of fused-ring (bicyclic) bond motifs is 1. The SMILES string of the molecule is COc1ccc(N2CCN(C(=O)c3[nH]c4cc(C)ccc4c3C)CC2)cc1. The van der Waals surface area contributed by atoms with Gasteiger partial charge >= 0.3 is 0 Å². The molecule has 0 radical (unpaired) electrons. The molecule has 140 valence electrons. The fourth-order valence-corrected chi connectivity index (χ4v) is 3.78. The molecule has 2 aromatic carbocycles. The normalized spacial score (nSPS) is 14.6. The van der Waals surface area contributed by atoms with Gasteiger partial charge in [-0.15, -0.1) is 0 Å². The third-order valence-electron chi connectivity index (χ3n) is 5.43. The Balaban J connectivity index is 1.47. The summed E-state index contributed by atoms with van der Waals surface area (Å²) in [4.78, 5) is 20.7. The first-order valence-electron chi connectivity index (χ1n) is 9.34. The van der Waals surface area contributed by atoms with Crippen molar-refractivity contribution < 1.29 is 9.53 Å². The number of aromatic amines is 1. The largest absolute Gasteiger partial charge is 0.497 e. The summed E-state index contributed by atoms with van der Waals surface area (Å²) in [6.45, 7) is 7.19. The number of piperazine rings is 1. The van der Waals surface area contributed by atoms with Gasteiger partial charge in [-0.1, -0.05) is 12.1 Å². The van der Waals surface area contributed by atoms with Gasteiger partial charge in [-0.2, -0.15) is 0 Å². The summed E-state index contributed by atoms with van der Waals surface area (Å²) in [5, 5.41) is 1.13. The molecule has 27 heavy (non-hydrogen) atoms. The molecule has 0 saturated carbocycles. The summed E-state index contributed by atoms with van der Waals surface area (Å²) in [5.74, 6) is 0.952. The summed E-state index contributed by atoms with van der Waals surface area (Å²) in [6.07, 6.45) is 0. The molecule has 1 aromatic heterocycles. The van der Waals surface area contributed by atoms with E-state index in [0.717, 1.165) is 48.4 Å². The van der Waals surface area contributed by atoms with Crippen LogP contribution in [-0.2, 0) is 0 Å². The van der Waals surface area contributed by atoms with Crippen molar-refractivity contribution in [1.29, 1.82) is 0 Å². The van der Waals surface area contributed by atoms with Crippen LogP contribution in [0.5, 0.6) is 5.75 Å². The van der Waals surface area contributed by atoms with E-state index in [9.17, 15) is 4.79 Å². The van der Waals surface area contributed by atoms with E-state index in [0.29, 0.717) is 5.69 Å². The minimum absolute atomic E-state index is 0.0933. The molecule has 5 nitrogen and oxygen atoms in total. The van der Waals surface area contributed by atoms with Crippen LogP contribution in [0.15, 0.2) is 42.5 Å². The van der Waals surface area contributed by atoms with E-state index in [1.54, 1.807) is 7.11 Å². The Morgan fingerprint density at radius 1 is 1.00 bits per heavy atom. The molecule has 2 heterocycles. The number of aryl methyl sites for hydroxylation is 2. The third-order valence-corrected chi connectivity index (χ3v) is 5.43. The minimum atomic E-state index is 0.0933. The number of carbonyl (C=O) groups excluding carboxylic acids is 1. The van der Waals surface area contributed by atoms with Gasteiger partial charge in [0.1, 0.15) is 11.4 Å². The zero-order valence-corrected chi connectivity index (χ0v) is 16.1. The van der Waals surface area contributed by atoms with Crippen LogP contribution in [0, 0.1) is 13.8 Å². The molecule has 5 heteroatoms. The fourth-order valence-electron chi connectivity index (χ4n) is 3.78. The number of anilines is 1. The number of nitrogens with zero attached hydrogens (tertiary/aromatic N) is 2. The van der Waals surface area contributed by atoms with Crippen molar-refractivity contribution in [3.8, 4) is 5.75 Å². The predicted molar refractivity (Wildman–Crippen MR) is 109 cm³/mol. The number of nitrogens with one attached hydrogen (secondary N) is 1. The van der Waals surface area contributed by atoms with Gasteiger partial charge in [0.15, 0.2) is 0 Å². The van der Waals surface area contributed by atoms with Crippen LogP contribution in [0.3, 0.4) is 0 Å². The summed E-state index contributed by atoms with van der Waals surface area (Å²) < 4.78 is 5.22. The van der Waals surface area contributed by atoms with Crippen molar-refractivity contribution in [2.75, 3.05) is 38.2 Å². The number of ether oxygens (including phenoxy) is 1. The number of rotatable bonds is 3. The predicted octanol–water partition coefficient (Wildman–Crippen LogP) is 3.76. The van der Waals surface area contributed by atoms with Gasteiger partial charge in [0.25, 0.3) is 5.91 Å². The highest BCUT2D eigenvalue weighted by Crippen LogP contribution is 2.25. The number of carbonyl (C=O) groups is 1. The molecule has 0 atom stereocenters. The van der Waals surface area contributed by atoms with Crippen LogP contribution in [0.2, 0.25) is 0 Å². The second kappa shape index (κ2) is 6.99. The quantitative estimate of drug-likeness (QED) is 0.771. The van der Waals surface area contributed by atoms with Crippen molar-refractivity contribution in [2.45, 2.75) is 13.8 Å². The lowest BCUT2D eigenvalue weighted by atomic mass is 10.1. The number of aromatic nitrogens is 1. The lowest BCUT2D eigenvalue weighted by Crippen LogP contribution is -2.49. The summed E-state index contributed by atoms with van der Waals surface area (Å²) in [5.41, 5.74) is 5.14. The minimum Gasteiger partial charge on any atom is -0.497 e. The van der Waals surface area contributed by atoms with E-state index < -0.39 is 0 Å². The number of methoxy groups -OCH3 is 1. The second-order valence-electron chi connectivity index (χ2n) is 7.15. The molecular weight excluding hydrogens is 338 g/mol. The molecule has 0 unspecified atom stereocenters. The molecule has 1 N–H and O–H groups in total. The zero-order valence-electron chi connectivity index (χ0n) is 16.1. The maximum atomic E-state index is 13.1. The van der Waals surface area contributed by atoms with E-state index in [1.165, 1.54) is 11.3 Å². The van der Waals surface area contributed by atoms with E-state index >= 15 is 0 Å². The fraction of sp³-hybridized carbons (Fsp3) is 0.318. The molecule has 1 fully saturated rings. The Morgan fingerprint density at radius 2 is 1.70 bits per heavy atom. The Kier molecular flexibility index (Phi) is 4.52. The van der Waals surface area contributed by atoms with Gasteiger partial charge in [-0.25, -0.2) is 0 Å². The average molecular weight is 363 g/mol. The first-order valence-corrected chi connectivity index (χ1v) is 9.34. The Labute approximate surface area is 159 Å². The van der Waals surface area contributed by atoms with Gasteiger partial charge in [0.05, 0.1) is 7.11 Å². The number of hydrogen-bond acceptors (Lipinski definition) is 3. The summed E-state index contributed by atoms with van der Waals surface area (Å²) >= 11 is 0. The first-order chi connectivity index (χ1) is 13.1. The monoisotopic (exact) mass is 363 g/mol. The second-order valence-corrected chi connectivity index (χ2v) is 7.15. The summed E-state index contributed by atoms with van der Waals surface area (Å²) in [7, 11) is 1.67. The molecular formula is C22H25N3O2. The molecule has 0 aliphatic carbocycles. The van der Waals surface area contributed by atoms with Crippen LogP contribution in [0.1, 0.15) is 21.6 Å². The van der Waals surface area contributed by atoms with E-state index in [4.69, 9.17) is 4.74 Å². The number of benzene rings is 2. The highest BCUT2D eigenvalue weighted by Gasteiger charge is 2.25. The van der Waals surface area contributed by atoms with E-state index in [2.05, 4.69) is 47.1 Å². The average Bonchev–Trinajstić information content (AvgIpc) is 3.03. The highest BCUT2D eigenvalue weighted by atomic mass is 16.5. The first kappa shape index (κ1) is 17.5. The maximum Gasteiger partial charge on any atom is 0.270 e. The van der Waals surface area contributed by atoms with Gasteiger partial charge in [-0.05, 0) is 55.3 Å². The smallest absolute Gasteiger partial charge is 0.270 e. The maximum absolute atomic E-state index is 13.1. The molecule has 3 aromatic rings. The van der Waals surface area contributed by atoms with E-state index in [-0.39, 0.29) is 5.91 Å². The Hall–Kier alpha value is -2.95. The molecule has 0 bridgehead atoms. The zero-order chi connectivity index (χ0) is 19.0. The molecule has 4 rings (SSSR count). The Bertz CT molecular complexity index is 967.